The van der Waals surface area contributed by atoms with E-state index in [1.807, 2.05) is 12.1 Å². The molecule has 1 aliphatic rings. The number of para-hydroxylation sites is 1. The molecule has 0 aromatic heterocycles. The summed E-state index contributed by atoms with van der Waals surface area (Å²) in [5.74, 6) is -1.19. The Morgan fingerprint density at radius 2 is 1.95 bits per heavy atom. The SMILES string of the molecule is COC(=O)N1C=CC(C(C)(C)C(=O)O)c2ccccc21. The van der Waals surface area contributed by atoms with Gasteiger partial charge in [-0.25, -0.2) is 4.79 Å². The molecule has 0 radical (unpaired) electrons. The Bertz CT molecular complexity index is 577. The monoisotopic (exact) mass is 275 g/mol. The van der Waals surface area contributed by atoms with Crippen LogP contribution in [-0.4, -0.2) is 24.3 Å². The van der Waals surface area contributed by atoms with Crippen molar-refractivity contribution in [2.45, 2.75) is 19.8 Å². The largest absolute Gasteiger partial charge is 0.481 e. The van der Waals surface area contributed by atoms with E-state index < -0.39 is 17.5 Å². The molecule has 106 valence electrons. The molecule has 1 atom stereocenters. The molecule has 0 bridgehead atoms. The van der Waals surface area contributed by atoms with Gasteiger partial charge in [0.05, 0.1) is 18.2 Å². The molecule has 5 heteroatoms. The standard InChI is InChI=1S/C15H17NO4/c1-15(2,13(17)18)11-8-9-16(14(19)20-3)12-7-5-4-6-10(11)12/h4-9,11H,1-3H3,(H,17,18). The number of amides is 1. The highest BCUT2D eigenvalue weighted by Gasteiger charge is 2.40. The fraction of sp³-hybridized carbons (Fsp3) is 0.333. The van der Waals surface area contributed by atoms with E-state index in [9.17, 15) is 14.7 Å². The number of hydrogen-bond donors (Lipinski definition) is 1. The average Bonchev–Trinajstić information content (AvgIpc) is 2.45. The molecule has 0 saturated heterocycles. The van der Waals surface area contributed by atoms with E-state index >= 15 is 0 Å². The first-order valence-electron chi connectivity index (χ1n) is 6.27. The van der Waals surface area contributed by atoms with Gasteiger partial charge in [0.25, 0.3) is 0 Å². The minimum Gasteiger partial charge on any atom is -0.481 e. The van der Waals surface area contributed by atoms with Crippen LogP contribution in [0.25, 0.3) is 0 Å². The topological polar surface area (TPSA) is 66.8 Å². The summed E-state index contributed by atoms with van der Waals surface area (Å²) in [5, 5.41) is 9.40. The van der Waals surface area contributed by atoms with Gasteiger partial charge in [-0.1, -0.05) is 24.3 Å². The summed E-state index contributed by atoms with van der Waals surface area (Å²) >= 11 is 0. The molecule has 1 aromatic carbocycles. The van der Waals surface area contributed by atoms with E-state index in [-0.39, 0.29) is 5.92 Å². The molecule has 1 amide bonds. The first-order chi connectivity index (χ1) is 9.39. The van der Waals surface area contributed by atoms with Crippen LogP contribution in [0, 0.1) is 5.41 Å². The van der Waals surface area contributed by atoms with Crippen molar-refractivity contribution >= 4 is 17.7 Å². The summed E-state index contributed by atoms with van der Waals surface area (Å²) in [7, 11) is 1.31. The number of ether oxygens (including phenoxy) is 1. The molecule has 1 aromatic rings. The number of carboxylic acid groups (broad SMARTS) is 1. The number of rotatable bonds is 2. The summed E-state index contributed by atoms with van der Waals surface area (Å²) in [6, 6.07) is 7.25. The van der Waals surface area contributed by atoms with Crippen molar-refractivity contribution in [1.29, 1.82) is 0 Å². The molecule has 0 saturated carbocycles. The molecule has 5 nitrogen and oxygen atoms in total. The van der Waals surface area contributed by atoms with Crippen molar-refractivity contribution in [3.05, 3.63) is 42.1 Å². The second-order valence-electron chi connectivity index (χ2n) is 5.24. The summed E-state index contributed by atoms with van der Waals surface area (Å²) in [6.07, 6.45) is 2.80. The number of fused-ring (bicyclic) bond motifs is 1. The van der Waals surface area contributed by atoms with Gasteiger partial charge in [0.1, 0.15) is 0 Å². The quantitative estimate of drug-likeness (QED) is 0.901. The van der Waals surface area contributed by atoms with Crippen LogP contribution < -0.4 is 4.90 Å². The maximum absolute atomic E-state index is 11.8. The van der Waals surface area contributed by atoms with E-state index in [0.29, 0.717) is 5.69 Å². The highest BCUT2D eigenvalue weighted by molar-refractivity contribution is 5.92. The van der Waals surface area contributed by atoms with E-state index in [4.69, 9.17) is 4.74 Å². The van der Waals surface area contributed by atoms with Crippen LogP contribution in [0.15, 0.2) is 36.5 Å². The molecule has 1 unspecified atom stereocenters. The number of benzene rings is 1. The molecule has 1 N–H and O–H groups in total. The predicted octanol–water partition coefficient (Wildman–Crippen LogP) is 2.98. The smallest absolute Gasteiger partial charge is 0.418 e. The Morgan fingerprint density at radius 1 is 1.30 bits per heavy atom. The van der Waals surface area contributed by atoms with Crippen LogP contribution in [0.5, 0.6) is 0 Å². The number of nitrogens with zero attached hydrogens (tertiary/aromatic N) is 1. The molecule has 1 heterocycles. The van der Waals surface area contributed by atoms with Crippen LogP contribution in [0.3, 0.4) is 0 Å². The third kappa shape index (κ3) is 2.15. The molecule has 2 rings (SSSR count). The van der Waals surface area contributed by atoms with Crippen LogP contribution in [0.4, 0.5) is 10.5 Å². The van der Waals surface area contributed by atoms with E-state index in [1.165, 1.54) is 12.0 Å². The molecule has 0 fully saturated rings. The maximum Gasteiger partial charge on any atom is 0.418 e. The van der Waals surface area contributed by atoms with Gasteiger partial charge in [-0.15, -0.1) is 0 Å². The summed E-state index contributed by atoms with van der Waals surface area (Å²) in [4.78, 5) is 24.6. The Hall–Kier alpha value is -2.30. The van der Waals surface area contributed by atoms with Gasteiger partial charge in [-0.3, -0.25) is 9.69 Å². The van der Waals surface area contributed by atoms with Crippen molar-refractivity contribution < 1.29 is 19.4 Å². The zero-order valence-corrected chi connectivity index (χ0v) is 11.7. The third-order valence-electron chi connectivity index (χ3n) is 3.66. The lowest BCUT2D eigenvalue weighted by Gasteiger charge is -2.35. The Labute approximate surface area is 117 Å². The third-order valence-corrected chi connectivity index (χ3v) is 3.66. The number of allylic oxidation sites excluding steroid dienone is 1. The normalized spacial score (nSPS) is 17.6. The molecular weight excluding hydrogens is 258 g/mol. The van der Waals surface area contributed by atoms with Crippen molar-refractivity contribution in [2.24, 2.45) is 5.41 Å². The summed E-state index contributed by atoms with van der Waals surface area (Å²) < 4.78 is 4.73. The fourth-order valence-electron chi connectivity index (χ4n) is 2.35. The lowest BCUT2D eigenvalue weighted by Crippen LogP contribution is -2.35. The molecule has 1 aliphatic heterocycles. The van der Waals surface area contributed by atoms with Gasteiger partial charge < -0.3 is 9.84 Å². The second-order valence-corrected chi connectivity index (χ2v) is 5.24. The van der Waals surface area contributed by atoms with Gasteiger partial charge in [0.15, 0.2) is 0 Å². The van der Waals surface area contributed by atoms with E-state index in [1.54, 1.807) is 38.3 Å². The minimum absolute atomic E-state index is 0.308. The highest BCUT2D eigenvalue weighted by atomic mass is 16.5. The molecule has 0 spiro atoms. The van der Waals surface area contributed by atoms with Gasteiger partial charge in [0.2, 0.25) is 0 Å². The molecule has 0 aliphatic carbocycles. The first kappa shape index (κ1) is 14.1. The number of aliphatic carboxylic acids is 1. The Balaban J connectivity index is 2.52. The number of methoxy groups -OCH3 is 1. The van der Waals surface area contributed by atoms with Gasteiger partial charge in [0, 0.05) is 12.1 Å². The lowest BCUT2D eigenvalue weighted by atomic mass is 9.73. The van der Waals surface area contributed by atoms with Crippen molar-refractivity contribution in [1.82, 2.24) is 0 Å². The molecule has 20 heavy (non-hydrogen) atoms. The second kappa shape index (κ2) is 5.00. The van der Waals surface area contributed by atoms with Crippen LogP contribution in [0.1, 0.15) is 25.3 Å². The fourth-order valence-corrected chi connectivity index (χ4v) is 2.35. The number of anilines is 1. The number of carbonyl (C=O) groups excluding carboxylic acids is 1. The first-order valence-corrected chi connectivity index (χ1v) is 6.27. The van der Waals surface area contributed by atoms with Crippen LogP contribution in [-0.2, 0) is 9.53 Å². The number of carbonyl (C=O) groups is 2. The van der Waals surface area contributed by atoms with Crippen molar-refractivity contribution in [2.75, 3.05) is 12.0 Å². The average molecular weight is 275 g/mol. The summed E-state index contributed by atoms with van der Waals surface area (Å²) in [5.41, 5.74) is 0.489. The summed E-state index contributed by atoms with van der Waals surface area (Å²) in [6.45, 7) is 3.35. The van der Waals surface area contributed by atoms with Gasteiger partial charge in [-0.2, -0.15) is 0 Å². The predicted molar refractivity (Wildman–Crippen MR) is 74.6 cm³/mol. The lowest BCUT2D eigenvalue weighted by molar-refractivity contribution is -0.147. The van der Waals surface area contributed by atoms with E-state index in [0.717, 1.165) is 5.56 Å². The number of hydrogen-bond acceptors (Lipinski definition) is 3. The Morgan fingerprint density at radius 3 is 2.55 bits per heavy atom. The van der Waals surface area contributed by atoms with Gasteiger partial charge >= 0.3 is 12.1 Å². The maximum atomic E-state index is 11.8. The highest BCUT2D eigenvalue weighted by Crippen LogP contribution is 2.43. The van der Waals surface area contributed by atoms with Gasteiger partial charge in [-0.05, 0) is 25.5 Å². The van der Waals surface area contributed by atoms with E-state index in [2.05, 4.69) is 0 Å². The molecular formula is C15H17NO4. The zero-order chi connectivity index (χ0) is 14.9. The van der Waals surface area contributed by atoms with Crippen LogP contribution in [0.2, 0.25) is 0 Å². The zero-order valence-electron chi connectivity index (χ0n) is 11.7. The minimum atomic E-state index is -0.963. The van der Waals surface area contributed by atoms with Crippen molar-refractivity contribution in [3.8, 4) is 0 Å². The Kier molecular flexibility index (Phi) is 3.53. The van der Waals surface area contributed by atoms with Crippen molar-refractivity contribution in [3.63, 3.8) is 0 Å². The number of carboxylic acids is 1. The van der Waals surface area contributed by atoms with Crippen LogP contribution >= 0.6 is 0 Å².